The summed E-state index contributed by atoms with van der Waals surface area (Å²) < 4.78 is 56.3. The normalized spacial score (nSPS) is 21.5. The highest BCUT2D eigenvalue weighted by molar-refractivity contribution is 6.30. The number of piperidine rings is 1. The molecule has 3 heterocycles. The molecule has 7 nitrogen and oxygen atoms in total. The Labute approximate surface area is 216 Å². The van der Waals surface area contributed by atoms with E-state index in [2.05, 4.69) is 15.2 Å². The van der Waals surface area contributed by atoms with Gasteiger partial charge in [0.1, 0.15) is 23.9 Å². The number of benzene rings is 1. The number of hydrogen-bond acceptors (Lipinski definition) is 5. The summed E-state index contributed by atoms with van der Waals surface area (Å²) in [6.07, 6.45) is -0.0542. The molecule has 200 valence electrons. The first-order valence-corrected chi connectivity index (χ1v) is 12.2. The number of hydrogen-bond donors (Lipinski definition) is 2. The van der Waals surface area contributed by atoms with E-state index in [-0.39, 0.29) is 40.4 Å². The molecule has 2 aliphatic heterocycles. The van der Waals surface area contributed by atoms with Crippen LogP contribution < -0.4 is 20.3 Å². The summed E-state index contributed by atoms with van der Waals surface area (Å²) in [6, 6.07) is 7.14. The molecule has 0 radical (unpaired) electrons. The van der Waals surface area contributed by atoms with Crippen LogP contribution in [0, 0.1) is 5.82 Å². The van der Waals surface area contributed by atoms with Crippen LogP contribution in [0.25, 0.3) is 0 Å². The lowest BCUT2D eigenvalue weighted by molar-refractivity contribution is -0.135. The summed E-state index contributed by atoms with van der Waals surface area (Å²) in [5, 5.41) is 4.80. The van der Waals surface area contributed by atoms with Crippen molar-refractivity contribution in [3.63, 3.8) is 0 Å². The van der Waals surface area contributed by atoms with Crippen molar-refractivity contribution >= 4 is 29.2 Å². The van der Waals surface area contributed by atoms with Crippen molar-refractivity contribution in [1.82, 2.24) is 15.6 Å². The molecule has 2 aliphatic rings. The molecule has 2 aromatic rings. The molecule has 0 aliphatic carbocycles. The minimum absolute atomic E-state index is 0.0483. The van der Waals surface area contributed by atoms with Crippen LogP contribution in [0.5, 0.6) is 5.75 Å². The molecule has 2 fully saturated rings. The van der Waals surface area contributed by atoms with Crippen LogP contribution in [-0.2, 0) is 4.79 Å². The minimum Gasteiger partial charge on any atom is -0.478 e. The van der Waals surface area contributed by atoms with E-state index in [4.69, 9.17) is 16.3 Å². The highest BCUT2D eigenvalue weighted by atomic mass is 35.5. The van der Waals surface area contributed by atoms with Crippen molar-refractivity contribution in [3.8, 4) is 5.75 Å². The average molecular weight is 543 g/mol. The second kappa shape index (κ2) is 10.4. The number of carbonyl (C=O) groups is 2. The Hall–Kier alpha value is -3.08. The molecule has 3 atom stereocenters. The molecule has 1 aromatic carbocycles. The molecule has 2 N–H and O–H groups in total. The SMILES string of the molecule is CC(C)(Oc1ccc(F)c(Cl)c1)C(=O)N[C@H]1C[C@H]2CC[C@@H](C1)N2c1ccc(C(=O)NCC(F)(F)F)cn1. The standard InChI is InChI=1S/C25H27ClF4N4O3/c1-24(2,37-18-6-7-20(27)19(26)11-18)23(36)33-15-9-16-4-5-17(10-15)34(16)21-8-3-14(12-31-21)22(35)32-13-25(28,29)30/h3,6-8,11-12,15-17H,4-5,9-10,13H2,1-2H3,(H,32,35)(H,33,36)/t15-,16+,17-. The second-order valence-electron chi connectivity index (χ2n) is 9.83. The van der Waals surface area contributed by atoms with Crippen LogP contribution in [0.1, 0.15) is 49.9 Å². The summed E-state index contributed by atoms with van der Waals surface area (Å²) in [5.41, 5.74) is -1.17. The van der Waals surface area contributed by atoms with Crippen molar-refractivity contribution in [2.24, 2.45) is 0 Å². The number of rotatable bonds is 7. The molecule has 12 heteroatoms. The van der Waals surface area contributed by atoms with Crippen molar-refractivity contribution in [2.45, 2.75) is 69.4 Å². The zero-order valence-corrected chi connectivity index (χ0v) is 21.0. The van der Waals surface area contributed by atoms with E-state index in [1.54, 1.807) is 19.9 Å². The van der Waals surface area contributed by atoms with Crippen molar-refractivity contribution < 1.29 is 31.9 Å². The maximum atomic E-state index is 13.4. The second-order valence-corrected chi connectivity index (χ2v) is 10.2. The van der Waals surface area contributed by atoms with Crippen LogP contribution in [0.2, 0.25) is 5.02 Å². The number of halogens is 5. The van der Waals surface area contributed by atoms with Gasteiger partial charge in [0.25, 0.3) is 11.8 Å². The van der Waals surface area contributed by atoms with Gasteiger partial charge in [-0.25, -0.2) is 9.37 Å². The molecular weight excluding hydrogens is 516 g/mol. The molecular formula is C25H27ClF4N4O3. The van der Waals surface area contributed by atoms with Gasteiger partial charge in [0.2, 0.25) is 0 Å². The third-order valence-electron chi connectivity index (χ3n) is 6.60. The smallest absolute Gasteiger partial charge is 0.405 e. The van der Waals surface area contributed by atoms with Gasteiger partial charge in [-0.05, 0) is 63.8 Å². The molecule has 0 unspecified atom stereocenters. The van der Waals surface area contributed by atoms with E-state index in [1.165, 1.54) is 30.5 Å². The van der Waals surface area contributed by atoms with Gasteiger partial charge in [0.05, 0.1) is 10.6 Å². The van der Waals surface area contributed by atoms with E-state index in [0.29, 0.717) is 18.7 Å². The fraction of sp³-hybridized carbons (Fsp3) is 0.480. The van der Waals surface area contributed by atoms with Gasteiger partial charge in [-0.15, -0.1) is 0 Å². The number of nitrogens with one attached hydrogen (secondary N) is 2. The van der Waals surface area contributed by atoms with Gasteiger partial charge >= 0.3 is 6.18 Å². The molecule has 0 spiro atoms. The van der Waals surface area contributed by atoms with E-state index in [1.807, 2.05) is 5.32 Å². The number of aromatic nitrogens is 1. The number of amides is 2. The van der Waals surface area contributed by atoms with Crippen LogP contribution >= 0.6 is 11.6 Å². The summed E-state index contributed by atoms with van der Waals surface area (Å²) in [5.74, 6) is -0.802. The summed E-state index contributed by atoms with van der Waals surface area (Å²) in [6.45, 7) is 1.84. The van der Waals surface area contributed by atoms with Crippen LogP contribution in [-0.4, -0.2) is 53.2 Å². The van der Waals surface area contributed by atoms with Gasteiger partial charge in [0.15, 0.2) is 5.60 Å². The van der Waals surface area contributed by atoms with Crippen molar-refractivity contribution in [1.29, 1.82) is 0 Å². The van der Waals surface area contributed by atoms with Gasteiger partial charge in [0, 0.05) is 30.4 Å². The lowest BCUT2D eigenvalue weighted by Gasteiger charge is -2.40. The zero-order chi connectivity index (χ0) is 27.0. The van der Waals surface area contributed by atoms with Crippen molar-refractivity contribution in [3.05, 3.63) is 52.9 Å². The predicted molar refractivity (Wildman–Crippen MR) is 129 cm³/mol. The first kappa shape index (κ1) is 27.0. The van der Waals surface area contributed by atoms with Gasteiger partial charge < -0.3 is 20.3 Å². The quantitative estimate of drug-likeness (QED) is 0.498. The van der Waals surface area contributed by atoms with Gasteiger partial charge in [-0.3, -0.25) is 9.59 Å². The molecule has 0 saturated carbocycles. The van der Waals surface area contributed by atoms with Crippen LogP contribution in [0.3, 0.4) is 0 Å². The molecule has 1 aromatic heterocycles. The number of alkyl halides is 3. The monoisotopic (exact) mass is 542 g/mol. The van der Waals surface area contributed by atoms with Crippen LogP contribution in [0.15, 0.2) is 36.5 Å². The van der Waals surface area contributed by atoms with Crippen molar-refractivity contribution in [2.75, 3.05) is 11.4 Å². The number of nitrogens with zero attached hydrogens (tertiary/aromatic N) is 2. The third kappa shape index (κ3) is 6.44. The predicted octanol–water partition coefficient (Wildman–Crippen LogP) is 4.64. The molecule has 2 bridgehead atoms. The van der Waals surface area contributed by atoms with Gasteiger partial charge in [-0.2, -0.15) is 13.2 Å². The largest absolute Gasteiger partial charge is 0.478 e. The Morgan fingerprint density at radius 2 is 1.81 bits per heavy atom. The number of carbonyl (C=O) groups excluding carboxylic acids is 2. The first-order valence-electron chi connectivity index (χ1n) is 11.9. The minimum atomic E-state index is -4.49. The fourth-order valence-electron chi connectivity index (χ4n) is 4.87. The number of ether oxygens (including phenoxy) is 1. The Balaban J connectivity index is 1.35. The topological polar surface area (TPSA) is 83.6 Å². The molecule has 37 heavy (non-hydrogen) atoms. The van der Waals surface area contributed by atoms with Gasteiger partial charge in [-0.1, -0.05) is 11.6 Å². The first-order chi connectivity index (χ1) is 17.3. The Morgan fingerprint density at radius 3 is 2.38 bits per heavy atom. The molecule has 4 rings (SSSR count). The lowest BCUT2D eigenvalue weighted by atomic mass is 9.96. The Kier molecular flexibility index (Phi) is 7.55. The summed E-state index contributed by atoms with van der Waals surface area (Å²) in [4.78, 5) is 31.5. The summed E-state index contributed by atoms with van der Waals surface area (Å²) >= 11 is 5.81. The molecule has 2 amide bonds. The highest BCUT2D eigenvalue weighted by Crippen LogP contribution is 2.39. The number of anilines is 1. The average Bonchev–Trinajstić information content (AvgIpc) is 3.09. The third-order valence-corrected chi connectivity index (χ3v) is 6.89. The van der Waals surface area contributed by atoms with E-state index < -0.39 is 30.0 Å². The van der Waals surface area contributed by atoms with Crippen LogP contribution in [0.4, 0.5) is 23.4 Å². The fourth-order valence-corrected chi connectivity index (χ4v) is 5.04. The van der Waals surface area contributed by atoms with E-state index in [0.717, 1.165) is 12.8 Å². The zero-order valence-electron chi connectivity index (χ0n) is 20.2. The highest BCUT2D eigenvalue weighted by Gasteiger charge is 2.43. The lowest BCUT2D eigenvalue weighted by Crippen LogP contribution is -2.55. The molecule has 2 saturated heterocycles. The number of fused-ring (bicyclic) bond motifs is 2. The van der Waals surface area contributed by atoms with E-state index in [9.17, 15) is 27.2 Å². The Morgan fingerprint density at radius 1 is 1.14 bits per heavy atom. The number of pyridine rings is 1. The Bertz CT molecular complexity index is 1150. The maximum absolute atomic E-state index is 13.4. The maximum Gasteiger partial charge on any atom is 0.405 e. The summed E-state index contributed by atoms with van der Waals surface area (Å²) in [7, 11) is 0. The van der Waals surface area contributed by atoms with E-state index >= 15 is 0 Å².